The van der Waals surface area contributed by atoms with Crippen molar-refractivity contribution in [3.63, 3.8) is 0 Å². The number of hydrogen-bond donors (Lipinski definition) is 1. The van der Waals surface area contributed by atoms with Crippen LogP contribution in [0.15, 0.2) is 30.3 Å². The van der Waals surface area contributed by atoms with Crippen molar-refractivity contribution >= 4 is 0 Å². The normalized spacial score (nSPS) is 34.8. The van der Waals surface area contributed by atoms with Gasteiger partial charge in [0.2, 0.25) is 0 Å². The first-order chi connectivity index (χ1) is 9.91. The number of benzene rings is 1. The Hall–Kier alpha value is -0.900. The van der Waals surface area contributed by atoms with Gasteiger partial charge in [0.15, 0.2) is 0 Å². The van der Waals surface area contributed by atoms with Crippen molar-refractivity contribution in [2.24, 2.45) is 11.3 Å². The van der Waals surface area contributed by atoms with E-state index >= 15 is 0 Å². The van der Waals surface area contributed by atoms with Gasteiger partial charge in [-0.3, -0.25) is 0 Å². The highest BCUT2D eigenvalue weighted by Gasteiger charge is 2.68. The van der Waals surface area contributed by atoms with E-state index in [9.17, 15) is 5.11 Å². The minimum Gasteiger partial charge on any atom is -0.393 e. The average molecular weight is 290 g/mol. The Morgan fingerprint density at radius 3 is 2.57 bits per heavy atom. The van der Waals surface area contributed by atoms with Crippen LogP contribution in [0.25, 0.3) is 0 Å². The molecule has 4 atom stereocenters. The Morgan fingerprint density at radius 1 is 1.24 bits per heavy atom. The predicted octanol–water partition coefficient (Wildman–Crippen LogP) is 3.16. The summed E-state index contributed by atoms with van der Waals surface area (Å²) in [6, 6.07) is 10.2. The van der Waals surface area contributed by atoms with E-state index in [0.717, 1.165) is 12.8 Å². The molecule has 0 amide bonds. The molecule has 0 radical (unpaired) electrons. The second kappa shape index (κ2) is 5.38. The van der Waals surface area contributed by atoms with Gasteiger partial charge < -0.3 is 14.6 Å². The topological polar surface area (TPSA) is 38.7 Å². The number of aliphatic hydroxyl groups is 1. The summed E-state index contributed by atoms with van der Waals surface area (Å²) >= 11 is 0. The maximum atomic E-state index is 10.2. The molecule has 116 valence electrons. The first-order valence-electron chi connectivity index (χ1n) is 7.88. The first-order valence-corrected chi connectivity index (χ1v) is 7.88. The van der Waals surface area contributed by atoms with Crippen LogP contribution >= 0.6 is 0 Å². The summed E-state index contributed by atoms with van der Waals surface area (Å²) in [4.78, 5) is 0. The third-order valence-corrected chi connectivity index (χ3v) is 4.72. The summed E-state index contributed by atoms with van der Waals surface area (Å²) in [6.45, 7) is 7.55. The van der Waals surface area contributed by atoms with Crippen LogP contribution in [0.5, 0.6) is 0 Å². The highest BCUT2D eigenvalue weighted by Crippen LogP contribution is 2.65. The van der Waals surface area contributed by atoms with Crippen LogP contribution in [0.1, 0.15) is 39.2 Å². The highest BCUT2D eigenvalue weighted by molar-refractivity contribution is 5.17. The number of ether oxygens (including phenoxy) is 2. The predicted molar refractivity (Wildman–Crippen MR) is 81.9 cm³/mol. The lowest BCUT2D eigenvalue weighted by Crippen LogP contribution is -2.35. The zero-order valence-corrected chi connectivity index (χ0v) is 13.2. The Labute approximate surface area is 127 Å². The van der Waals surface area contributed by atoms with Crippen LogP contribution in [0.4, 0.5) is 0 Å². The molecule has 3 rings (SSSR count). The van der Waals surface area contributed by atoms with E-state index in [4.69, 9.17) is 9.47 Å². The molecule has 3 nitrogen and oxygen atoms in total. The van der Waals surface area contributed by atoms with Gasteiger partial charge in [0.25, 0.3) is 0 Å². The molecule has 21 heavy (non-hydrogen) atoms. The molecule has 2 aliphatic carbocycles. The first kappa shape index (κ1) is 15.0. The summed E-state index contributed by atoms with van der Waals surface area (Å²) in [5.41, 5.74) is 1.06. The number of fused-ring (bicyclic) bond motifs is 1. The summed E-state index contributed by atoms with van der Waals surface area (Å²) < 4.78 is 12.1. The molecule has 1 aromatic rings. The molecule has 0 aliphatic heterocycles. The van der Waals surface area contributed by atoms with Crippen molar-refractivity contribution in [3.8, 4) is 0 Å². The smallest absolute Gasteiger partial charge is 0.0717 e. The largest absolute Gasteiger partial charge is 0.393 e. The minimum atomic E-state index is -0.224. The fourth-order valence-electron chi connectivity index (χ4n) is 3.64. The monoisotopic (exact) mass is 290 g/mol. The maximum absolute atomic E-state index is 10.2. The molecule has 0 spiro atoms. The van der Waals surface area contributed by atoms with Gasteiger partial charge in [-0.05, 0) is 38.7 Å². The average Bonchev–Trinajstić information content (AvgIpc) is 3.08. The third kappa shape index (κ3) is 3.15. The molecule has 0 bridgehead atoms. The lowest BCUT2D eigenvalue weighted by Gasteiger charge is -2.31. The minimum absolute atomic E-state index is 0.0431. The van der Waals surface area contributed by atoms with Crippen LogP contribution in [0.3, 0.4) is 0 Å². The number of rotatable bonds is 5. The Balaban J connectivity index is 1.58. The zero-order valence-electron chi connectivity index (χ0n) is 13.2. The fraction of sp³-hybridized carbons (Fsp3) is 0.667. The summed E-state index contributed by atoms with van der Waals surface area (Å²) in [5.74, 6) is 0.362. The van der Waals surface area contributed by atoms with Crippen molar-refractivity contribution in [1.29, 1.82) is 0 Å². The quantitative estimate of drug-likeness (QED) is 0.905. The van der Waals surface area contributed by atoms with E-state index in [1.54, 1.807) is 0 Å². The van der Waals surface area contributed by atoms with Crippen LogP contribution in [-0.2, 0) is 16.1 Å². The third-order valence-electron chi connectivity index (χ3n) is 4.72. The van der Waals surface area contributed by atoms with Crippen LogP contribution in [0.2, 0.25) is 0 Å². The number of aliphatic hydroxyl groups excluding tert-OH is 1. The lowest BCUT2D eigenvalue weighted by atomic mass is 10.0. The molecule has 2 fully saturated rings. The summed E-state index contributed by atoms with van der Waals surface area (Å²) in [5, 5.41) is 10.2. The molecule has 1 aromatic carbocycles. The molecule has 4 unspecified atom stereocenters. The fourth-order valence-corrected chi connectivity index (χ4v) is 3.64. The van der Waals surface area contributed by atoms with E-state index in [2.05, 4.69) is 32.9 Å². The van der Waals surface area contributed by atoms with E-state index < -0.39 is 0 Å². The molecule has 0 aromatic heterocycles. The van der Waals surface area contributed by atoms with E-state index in [0.29, 0.717) is 19.1 Å². The molecule has 2 saturated carbocycles. The van der Waals surface area contributed by atoms with Gasteiger partial charge >= 0.3 is 0 Å². The molecule has 0 saturated heterocycles. The summed E-state index contributed by atoms with van der Waals surface area (Å²) in [6.07, 6.45) is 1.67. The molecule has 3 heteroatoms. The van der Waals surface area contributed by atoms with Gasteiger partial charge in [0.05, 0.1) is 31.0 Å². The second-order valence-electron chi connectivity index (χ2n) is 7.54. The standard InChI is InChI=1S/C18H26O3/c1-17(2,3)21-16-9-15(19)14-10-18(14,16)12-20-11-13-7-5-4-6-8-13/h4-8,14-16,19H,9-12H2,1-3H3. The second-order valence-corrected chi connectivity index (χ2v) is 7.54. The SMILES string of the molecule is CC(C)(C)OC1CC(O)C2CC12COCc1ccccc1. The van der Waals surface area contributed by atoms with Crippen LogP contribution in [0, 0.1) is 11.3 Å². The van der Waals surface area contributed by atoms with Gasteiger partial charge in [-0.1, -0.05) is 30.3 Å². The van der Waals surface area contributed by atoms with Gasteiger partial charge in [-0.2, -0.15) is 0 Å². The Kier molecular flexibility index (Phi) is 3.85. The van der Waals surface area contributed by atoms with E-state index in [1.807, 2.05) is 18.2 Å². The van der Waals surface area contributed by atoms with Crippen molar-refractivity contribution < 1.29 is 14.6 Å². The van der Waals surface area contributed by atoms with E-state index in [1.165, 1.54) is 5.56 Å². The van der Waals surface area contributed by atoms with Crippen LogP contribution in [-0.4, -0.2) is 29.5 Å². The van der Waals surface area contributed by atoms with Crippen molar-refractivity contribution in [2.75, 3.05) is 6.61 Å². The Morgan fingerprint density at radius 2 is 1.95 bits per heavy atom. The van der Waals surface area contributed by atoms with Crippen molar-refractivity contribution in [2.45, 2.75) is 58.0 Å². The Bertz CT molecular complexity index is 479. The van der Waals surface area contributed by atoms with Crippen molar-refractivity contribution in [1.82, 2.24) is 0 Å². The lowest BCUT2D eigenvalue weighted by molar-refractivity contribution is -0.105. The zero-order chi connectivity index (χ0) is 15.1. The molecule has 1 N–H and O–H groups in total. The molecule has 2 aliphatic rings. The summed E-state index contributed by atoms with van der Waals surface area (Å²) in [7, 11) is 0. The van der Waals surface area contributed by atoms with Gasteiger partial charge in [-0.25, -0.2) is 0 Å². The van der Waals surface area contributed by atoms with Gasteiger partial charge in [0.1, 0.15) is 0 Å². The maximum Gasteiger partial charge on any atom is 0.0717 e. The molecular weight excluding hydrogens is 264 g/mol. The number of hydrogen-bond acceptors (Lipinski definition) is 3. The highest BCUT2D eigenvalue weighted by atomic mass is 16.5. The van der Waals surface area contributed by atoms with Crippen LogP contribution < -0.4 is 0 Å². The van der Waals surface area contributed by atoms with Gasteiger partial charge in [0, 0.05) is 11.8 Å². The molecular formula is C18H26O3. The van der Waals surface area contributed by atoms with Gasteiger partial charge in [-0.15, -0.1) is 0 Å². The van der Waals surface area contributed by atoms with Crippen molar-refractivity contribution in [3.05, 3.63) is 35.9 Å². The molecule has 0 heterocycles. The van der Waals surface area contributed by atoms with E-state index in [-0.39, 0.29) is 23.2 Å².